The van der Waals surface area contributed by atoms with E-state index in [2.05, 4.69) is 18.7 Å². The molecule has 3 fully saturated rings. The Kier molecular flexibility index (Phi) is 4.23. The Morgan fingerprint density at radius 1 is 0.905 bits per heavy atom. The second kappa shape index (κ2) is 5.98. The molecule has 0 N–H and O–H groups in total. The number of amides is 2. The highest BCUT2D eigenvalue weighted by Crippen LogP contribution is 2.35. The van der Waals surface area contributed by atoms with Crippen LogP contribution in [-0.2, 0) is 9.59 Å². The molecule has 0 spiro atoms. The molecule has 3 rings (SSSR count). The molecule has 4 atom stereocenters. The lowest BCUT2D eigenvalue weighted by atomic mass is 9.77. The summed E-state index contributed by atoms with van der Waals surface area (Å²) in [6, 6.07) is 0.175. The monoisotopic (exact) mass is 292 g/mol. The van der Waals surface area contributed by atoms with Crippen LogP contribution in [0, 0.1) is 11.8 Å². The van der Waals surface area contributed by atoms with Gasteiger partial charge in [0.2, 0.25) is 11.8 Å². The number of carbonyl (C=O) groups is 2. The predicted molar refractivity (Wildman–Crippen MR) is 81.6 cm³/mol. The van der Waals surface area contributed by atoms with Crippen LogP contribution >= 0.6 is 0 Å². The van der Waals surface area contributed by atoms with Crippen molar-refractivity contribution in [3.63, 3.8) is 0 Å². The number of rotatable bonds is 1. The molecule has 21 heavy (non-hydrogen) atoms. The Morgan fingerprint density at radius 3 is 2.52 bits per heavy atom. The SMILES string of the molecule is CC1CCCC(N2CCC(=O)N3CCCCC3C2=O)C1C. The molecule has 0 aromatic rings. The normalized spacial score (nSPS) is 38.2. The predicted octanol–water partition coefficient (Wildman–Crippen LogP) is 2.42. The van der Waals surface area contributed by atoms with Gasteiger partial charge in [0.05, 0.1) is 0 Å². The highest BCUT2D eigenvalue weighted by Gasteiger charge is 2.42. The zero-order valence-electron chi connectivity index (χ0n) is 13.4. The first kappa shape index (κ1) is 14.9. The maximum absolute atomic E-state index is 13.0. The second-order valence-corrected chi connectivity index (χ2v) is 7.21. The van der Waals surface area contributed by atoms with Gasteiger partial charge in [-0.2, -0.15) is 0 Å². The van der Waals surface area contributed by atoms with E-state index in [1.54, 1.807) is 0 Å². The van der Waals surface area contributed by atoms with Crippen molar-refractivity contribution < 1.29 is 9.59 Å². The quantitative estimate of drug-likeness (QED) is 0.745. The van der Waals surface area contributed by atoms with Crippen LogP contribution in [0.5, 0.6) is 0 Å². The fourth-order valence-corrected chi connectivity index (χ4v) is 4.47. The maximum Gasteiger partial charge on any atom is 0.245 e. The lowest BCUT2D eigenvalue weighted by Gasteiger charge is -2.43. The van der Waals surface area contributed by atoms with E-state index in [1.165, 1.54) is 12.8 Å². The molecular weight excluding hydrogens is 264 g/mol. The average Bonchev–Trinajstić information content (AvgIpc) is 2.62. The van der Waals surface area contributed by atoms with Crippen molar-refractivity contribution in [3.05, 3.63) is 0 Å². The summed E-state index contributed by atoms with van der Waals surface area (Å²) in [7, 11) is 0. The number of fused-ring (bicyclic) bond motifs is 1. The van der Waals surface area contributed by atoms with E-state index >= 15 is 0 Å². The van der Waals surface area contributed by atoms with Gasteiger partial charge in [0, 0.05) is 25.6 Å². The van der Waals surface area contributed by atoms with Crippen molar-refractivity contribution >= 4 is 11.8 Å². The van der Waals surface area contributed by atoms with Crippen LogP contribution in [0.1, 0.15) is 58.8 Å². The van der Waals surface area contributed by atoms with Crippen molar-refractivity contribution in [1.29, 1.82) is 0 Å². The highest BCUT2D eigenvalue weighted by molar-refractivity contribution is 5.90. The van der Waals surface area contributed by atoms with Gasteiger partial charge in [0.25, 0.3) is 0 Å². The van der Waals surface area contributed by atoms with Gasteiger partial charge in [-0.3, -0.25) is 9.59 Å². The first-order valence-corrected chi connectivity index (χ1v) is 8.69. The van der Waals surface area contributed by atoms with Gasteiger partial charge in [0.1, 0.15) is 6.04 Å². The van der Waals surface area contributed by atoms with Gasteiger partial charge >= 0.3 is 0 Å². The third-order valence-electron chi connectivity index (χ3n) is 6.02. The van der Waals surface area contributed by atoms with E-state index < -0.39 is 0 Å². The lowest BCUT2D eigenvalue weighted by molar-refractivity contribution is -0.145. The molecule has 1 aliphatic carbocycles. The summed E-state index contributed by atoms with van der Waals surface area (Å²) in [5, 5.41) is 0. The van der Waals surface area contributed by atoms with Gasteiger partial charge in [-0.05, 0) is 37.5 Å². The minimum Gasteiger partial charge on any atom is -0.337 e. The van der Waals surface area contributed by atoms with Crippen molar-refractivity contribution in [1.82, 2.24) is 9.80 Å². The van der Waals surface area contributed by atoms with Crippen molar-refractivity contribution in [3.8, 4) is 0 Å². The number of nitrogens with zero attached hydrogens (tertiary/aromatic N) is 2. The third-order valence-corrected chi connectivity index (χ3v) is 6.02. The molecule has 0 aromatic carbocycles. The van der Waals surface area contributed by atoms with Gasteiger partial charge in [0.15, 0.2) is 0 Å². The van der Waals surface area contributed by atoms with E-state index in [4.69, 9.17) is 0 Å². The lowest BCUT2D eigenvalue weighted by Crippen LogP contribution is -2.54. The van der Waals surface area contributed by atoms with Gasteiger partial charge in [-0.1, -0.05) is 26.7 Å². The molecule has 4 unspecified atom stereocenters. The van der Waals surface area contributed by atoms with Gasteiger partial charge in [-0.15, -0.1) is 0 Å². The molecule has 2 saturated heterocycles. The van der Waals surface area contributed by atoms with E-state index in [0.717, 1.165) is 32.2 Å². The molecule has 0 aromatic heterocycles. The zero-order chi connectivity index (χ0) is 15.0. The summed E-state index contributed by atoms with van der Waals surface area (Å²) in [5.74, 6) is 1.64. The van der Waals surface area contributed by atoms with Crippen LogP contribution in [0.25, 0.3) is 0 Å². The molecule has 2 heterocycles. The standard InChI is InChI=1S/C17H28N2O2/c1-12-6-5-8-14(13(12)2)19-11-9-16(20)18-10-4-3-7-15(18)17(19)21/h12-15H,3-11H2,1-2H3. The van der Waals surface area contributed by atoms with Crippen molar-refractivity contribution in [2.45, 2.75) is 70.9 Å². The summed E-state index contributed by atoms with van der Waals surface area (Å²) >= 11 is 0. The molecule has 0 radical (unpaired) electrons. The Hall–Kier alpha value is -1.06. The molecule has 118 valence electrons. The summed E-state index contributed by atoms with van der Waals surface area (Å²) < 4.78 is 0. The molecule has 4 nitrogen and oxygen atoms in total. The van der Waals surface area contributed by atoms with Crippen LogP contribution in [0.15, 0.2) is 0 Å². The highest BCUT2D eigenvalue weighted by atomic mass is 16.2. The zero-order valence-corrected chi connectivity index (χ0v) is 13.4. The third kappa shape index (κ3) is 2.69. The molecule has 1 saturated carbocycles. The van der Waals surface area contributed by atoms with Crippen LogP contribution in [-0.4, -0.2) is 46.8 Å². The number of carbonyl (C=O) groups excluding carboxylic acids is 2. The Labute approximate surface area is 127 Å². The van der Waals surface area contributed by atoms with Crippen LogP contribution in [0.3, 0.4) is 0 Å². The summed E-state index contributed by atoms with van der Waals surface area (Å²) in [5.41, 5.74) is 0. The Bertz CT molecular complexity index is 423. The van der Waals surface area contributed by atoms with Crippen molar-refractivity contribution in [2.75, 3.05) is 13.1 Å². The molecule has 4 heteroatoms. The van der Waals surface area contributed by atoms with E-state index in [9.17, 15) is 9.59 Å². The molecule has 0 bridgehead atoms. The summed E-state index contributed by atoms with van der Waals surface area (Å²) in [4.78, 5) is 29.3. The van der Waals surface area contributed by atoms with E-state index in [-0.39, 0.29) is 17.9 Å². The van der Waals surface area contributed by atoms with Crippen LogP contribution in [0.4, 0.5) is 0 Å². The Balaban J connectivity index is 1.82. The fourth-order valence-electron chi connectivity index (χ4n) is 4.47. The number of hydrogen-bond acceptors (Lipinski definition) is 2. The minimum atomic E-state index is -0.168. The molecule has 2 aliphatic heterocycles. The minimum absolute atomic E-state index is 0.168. The smallest absolute Gasteiger partial charge is 0.245 e. The maximum atomic E-state index is 13.0. The Morgan fingerprint density at radius 2 is 1.71 bits per heavy atom. The fraction of sp³-hybridized carbons (Fsp3) is 0.882. The average molecular weight is 292 g/mol. The molecule has 2 amide bonds. The largest absolute Gasteiger partial charge is 0.337 e. The molecular formula is C17H28N2O2. The first-order chi connectivity index (χ1) is 10.1. The first-order valence-electron chi connectivity index (χ1n) is 8.69. The number of hydrogen-bond donors (Lipinski definition) is 0. The van der Waals surface area contributed by atoms with Gasteiger partial charge in [-0.25, -0.2) is 0 Å². The van der Waals surface area contributed by atoms with E-state index in [0.29, 0.717) is 30.8 Å². The summed E-state index contributed by atoms with van der Waals surface area (Å²) in [6.07, 6.45) is 7.09. The molecule has 3 aliphatic rings. The van der Waals surface area contributed by atoms with E-state index in [1.807, 2.05) is 4.90 Å². The van der Waals surface area contributed by atoms with Crippen molar-refractivity contribution in [2.24, 2.45) is 11.8 Å². The topological polar surface area (TPSA) is 40.6 Å². The second-order valence-electron chi connectivity index (χ2n) is 7.21. The summed E-state index contributed by atoms with van der Waals surface area (Å²) in [6.45, 7) is 6.00. The van der Waals surface area contributed by atoms with Crippen LogP contribution < -0.4 is 0 Å². The van der Waals surface area contributed by atoms with Crippen LogP contribution in [0.2, 0.25) is 0 Å². The number of piperidine rings is 1. The van der Waals surface area contributed by atoms with Gasteiger partial charge < -0.3 is 9.80 Å².